The summed E-state index contributed by atoms with van der Waals surface area (Å²) in [5.41, 5.74) is 1.78. The van der Waals surface area contributed by atoms with Gasteiger partial charge < -0.3 is 10.4 Å². The maximum Gasteiger partial charge on any atom is 0.269 e. The molecule has 0 aliphatic rings. The molecular weight excluding hydrogens is 275 g/mol. The number of halogens is 1. The topological polar surface area (TPSA) is 75.4 Å². The number of hydrogen-bond acceptors (Lipinski definition) is 4. The minimum absolute atomic E-state index is 0.0203. The van der Waals surface area contributed by atoms with Crippen molar-refractivity contribution < 1.29 is 14.4 Å². The number of benzene rings is 2. The summed E-state index contributed by atoms with van der Waals surface area (Å²) in [4.78, 5) is 10.1. The van der Waals surface area contributed by atoms with Gasteiger partial charge in [0.15, 0.2) is 0 Å². The monoisotopic (exact) mass is 290 g/mol. The highest BCUT2D eigenvalue weighted by Crippen LogP contribution is 2.19. The van der Waals surface area contributed by atoms with E-state index in [0.717, 1.165) is 0 Å². The smallest absolute Gasteiger partial charge is 0.269 e. The van der Waals surface area contributed by atoms with E-state index in [4.69, 9.17) is 0 Å². The second kappa shape index (κ2) is 6.32. The third-order valence-corrected chi connectivity index (χ3v) is 3.15. The van der Waals surface area contributed by atoms with Gasteiger partial charge in [-0.25, -0.2) is 4.39 Å². The van der Waals surface area contributed by atoms with Crippen LogP contribution in [0.3, 0.4) is 0 Å². The van der Waals surface area contributed by atoms with Gasteiger partial charge in [-0.1, -0.05) is 0 Å². The third-order valence-electron chi connectivity index (χ3n) is 3.15. The molecule has 0 aliphatic carbocycles. The standard InChI is InChI=1S/C15H15FN2O3/c1-10-8-12(4-7-14(10)16)17-9-15(19)11-2-5-13(6-3-11)18(20)21/h2-8,15,17,19H,9H2,1H3. The van der Waals surface area contributed by atoms with Gasteiger partial charge in [0, 0.05) is 24.4 Å². The van der Waals surface area contributed by atoms with Crippen LogP contribution in [0.25, 0.3) is 0 Å². The number of aliphatic hydroxyl groups is 1. The van der Waals surface area contributed by atoms with Crippen LogP contribution in [0.5, 0.6) is 0 Å². The Balaban J connectivity index is 1.99. The molecule has 1 atom stereocenters. The first-order valence-corrected chi connectivity index (χ1v) is 6.40. The molecule has 2 aromatic rings. The number of anilines is 1. The first-order valence-electron chi connectivity index (χ1n) is 6.40. The van der Waals surface area contributed by atoms with Crippen molar-refractivity contribution >= 4 is 11.4 Å². The fourth-order valence-electron chi connectivity index (χ4n) is 1.91. The molecule has 0 bridgehead atoms. The molecule has 5 nitrogen and oxygen atoms in total. The van der Waals surface area contributed by atoms with Gasteiger partial charge in [-0.2, -0.15) is 0 Å². The largest absolute Gasteiger partial charge is 0.387 e. The van der Waals surface area contributed by atoms with Crippen LogP contribution >= 0.6 is 0 Å². The van der Waals surface area contributed by atoms with E-state index in [0.29, 0.717) is 16.8 Å². The Kier molecular flexibility index (Phi) is 4.49. The fourth-order valence-corrected chi connectivity index (χ4v) is 1.91. The van der Waals surface area contributed by atoms with E-state index >= 15 is 0 Å². The number of rotatable bonds is 5. The third kappa shape index (κ3) is 3.76. The summed E-state index contributed by atoms with van der Waals surface area (Å²) in [6.07, 6.45) is -0.809. The van der Waals surface area contributed by atoms with Crippen LogP contribution in [-0.4, -0.2) is 16.6 Å². The van der Waals surface area contributed by atoms with Crippen molar-refractivity contribution in [2.24, 2.45) is 0 Å². The number of nitro benzene ring substituents is 1. The van der Waals surface area contributed by atoms with E-state index in [1.807, 2.05) is 0 Å². The number of non-ortho nitro benzene ring substituents is 1. The normalized spacial score (nSPS) is 12.0. The van der Waals surface area contributed by atoms with E-state index in [2.05, 4.69) is 5.32 Å². The molecule has 0 radical (unpaired) electrons. The van der Waals surface area contributed by atoms with E-state index in [-0.39, 0.29) is 18.0 Å². The van der Waals surface area contributed by atoms with Gasteiger partial charge in [0.25, 0.3) is 5.69 Å². The number of nitrogens with zero attached hydrogens (tertiary/aromatic N) is 1. The van der Waals surface area contributed by atoms with Gasteiger partial charge in [-0.15, -0.1) is 0 Å². The minimum atomic E-state index is -0.809. The minimum Gasteiger partial charge on any atom is -0.387 e. The maximum absolute atomic E-state index is 13.1. The number of aliphatic hydroxyl groups excluding tert-OH is 1. The Hall–Kier alpha value is -2.47. The highest BCUT2D eigenvalue weighted by molar-refractivity contribution is 5.46. The Morgan fingerprint density at radius 2 is 1.95 bits per heavy atom. The second-order valence-electron chi connectivity index (χ2n) is 4.71. The van der Waals surface area contributed by atoms with Crippen molar-refractivity contribution in [3.8, 4) is 0 Å². The molecule has 6 heteroatoms. The van der Waals surface area contributed by atoms with Crippen molar-refractivity contribution in [3.63, 3.8) is 0 Å². The average molecular weight is 290 g/mol. The van der Waals surface area contributed by atoms with Gasteiger partial charge >= 0.3 is 0 Å². The van der Waals surface area contributed by atoms with Crippen molar-refractivity contribution in [2.45, 2.75) is 13.0 Å². The average Bonchev–Trinajstić information content (AvgIpc) is 2.48. The summed E-state index contributed by atoms with van der Waals surface area (Å²) < 4.78 is 13.1. The lowest BCUT2D eigenvalue weighted by molar-refractivity contribution is -0.384. The molecular formula is C15H15FN2O3. The van der Waals surface area contributed by atoms with E-state index in [9.17, 15) is 19.6 Å². The number of nitro groups is 1. The maximum atomic E-state index is 13.1. The number of nitrogens with one attached hydrogen (secondary N) is 1. The highest BCUT2D eigenvalue weighted by atomic mass is 19.1. The van der Waals surface area contributed by atoms with E-state index in [1.54, 1.807) is 19.1 Å². The molecule has 1 unspecified atom stereocenters. The summed E-state index contributed by atoms with van der Waals surface area (Å²) in [6, 6.07) is 10.3. The first-order chi connectivity index (χ1) is 9.97. The Morgan fingerprint density at radius 3 is 2.52 bits per heavy atom. The van der Waals surface area contributed by atoms with Crippen LogP contribution in [0.4, 0.5) is 15.8 Å². The zero-order valence-electron chi connectivity index (χ0n) is 11.4. The SMILES string of the molecule is Cc1cc(NCC(O)c2ccc([N+](=O)[O-])cc2)ccc1F. The summed E-state index contributed by atoms with van der Waals surface area (Å²) in [5, 5.41) is 23.6. The Morgan fingerprint density at radius 1 is 1.29 bits per heavy atom. The Labute approximate surface area is 121 Å². The van der Waals surface area contributed by atoms with Crippen LogP contribution in [0.15, 0.2) is 42.5 Å². The summed E-state index contributed by atoms with van der Waals surface area (Å²) in [5.74, 6) is -0.281. The molecule has 0 amide bonds. The zero-order valence-corrected chi connectivity index (χ0v) is 11.4. The van der Waals surface area contributed by atoms with Crippen molar-refractivity contribution in [2.75, 3.05) is 11.9 Å². The predicted octanol–water partition coefficient (Wildman–Crippen LogP) is 3.19. The van der Waals surface area contributed by atoms with Crippen molar-refractivity contribution in [1.82, 2.24) is 0 Å². The quantitative estimate of drug-likeness (QED) is 0.655. The first kappa shape index (κ1) is 14.9. The molecule has 0 saturated carbocycles. The molecule has 21 heavy (non-hydrogen) atoms. The van der Waals surface area contributed by atoms with Crippen LogP contribution in [0.1, 0.15) is 17.2 Å². The lowest BCUT2D eigenvalue weighted by Crippen LogP contribution is -2.12. The molecule has 0 spiro atoms. The molecule has 2 aromatic carbocycles. The summed E-state index contributed by atoms with van der Waals surface area (Å²) >= 11 is 0. The number of hydrogen-bond donors (Lipinski definition) is 2. The molecule has 2 rings (SSSR count). The zero-order chi connectivity index (χ0) is 15.4. The molecule has 0 fully saturated rings. The van der Waals surface area contributed by atoms with E-state index < -0.39 is 11.0 Å². The lowest BCUT2D eigenvalue weighted by atomic mass is 10.1. The molecule has 2 N–H and O–H groups in total. The van der Waals surface area contributed by atoms with Crippen molar-refractivity contribution in [3.05, 3.63) is 69.5 Å². The van der Waals surface area contributed by atoms with Crippen LogP contribution < -0.4 is 5.32 Å². The number of aryl methyl sites for hydroxylation is 1. The van der Waals surface area contributed by atoms with Crippen LogP contribution in [0, 0.1) is 22.9 Å². The summed E-state index contributed by atoms with van der Waals surface area (Å²) in [7, 11) is 0. The highest BCUT2D eigenvalue weighted by Gasteiger charge is 2.10. The van der Waals surface area contributed by atoms with Gasteiger partial charge in [0.05, 0.1) is 11.0 Å². The van der Waals surface area contributed by atoms with Crippen LogP contribution in [0.2, 0.25) is 0 Å². The fraction of sp³-hybridized carbons (Fsp3) is 0.200. The lowest BCUT2D eigenvalue weighted by Gasteiger charge is -2.13. The van der Waals surface area contributed by atoms with E-state index in [1.165, 1.54) is 30.3 Å². The summed E-state index contributed by atoms with van der Waals surface area (Å²) in [6.45, 7) is 1.89. The molecule has 0 heterocycles. The molecule has 0 aromatic heterocycles. The Bertz CT molecular complexity index is 644. The van der Waals surface area contributed by atoms with Crippen molar-refractivity contribution in [1.29, 1.82) is 0 Å². The predicted molar refractivity (Wildman–Crippen MR) is 77.7 cm³/mol. The van der Waals surface area contributed by atoms with Gasteiger partial charge in [-0.3, -0.25) is 10.1 Å². The second-order valence-corrected chi connectivity index (χ2v) is 4.71. The van der Waals surface area contributed by atoms with Crippen LogP contribution in [-0.2, 0) is 0 Å². The molecule has 0 aliphatic heterocycles. The molecule has 0 saturated heterocycles. The molecule has 110 valence electrons. The van der Waals surface area contributed by atoms with Gasteiger partial charge in [0.1, 0.15) is 5.82 Å². The van der Waals surface area contributed by atoms with Gasteiger partial charge in [0.2, 0.25) is 0 Å². The van der Waals surface area contributed by atoms with Gasteiger partial charge in [-0.05, 0) is 48.4 Å².